The minimum absolute atomic E-state index is 1.14. The molecule has 7 heterocycles. The van der Waals surface area contributed by atoms with E-state index in [9.17, 15) is 0 Å². The zero-order valence-corrected chi connectivity index (χ0v) is 78.7. The summed E-state index contributed by atoms with van der Waals surface area (Å²) < 4.78 is 16.5. The van der Waals surface area contributed by atoms with Gasteiger partial charge in [0.2, 0.25) is 5.69 Å². The molecule has 0 fully saturated rings. The molecule has 29 rings (SSSR count). The third kappa shape index (κ3) is 14.8. The first kappa shape index (κ1) is 84.1. The van der Waals surface area contributed by atoms with Crippen molar-refractivity contribution in [3.05, 3.63) is 558 Å². The number of aromatic nitrogens is 7. The number of pyridine rings is 1. The van der Waals surface area contributed by atoms with E-state index in [4.69, 9.17) is 0 Å². The van der Waals surface area contributed by atoms with Crippen LogP contribution in [0.4, 0.5) is 0 Å². The van der Waals surface area contributed by atoms with Crippen LogP contribution in [0.5, 0.6) is 0 Å². The number of fused-ring (bicyclic) bond motifs is 18. The predicted octanol–water partition coefficient (Wildman–Crippen LogP) is 35.6. The quantitative estimate of drug-likeness (QED) is 0.0973. The second-order valence-electron chi connectivity index (χ2n) is 37.3. The fourth-order valence-corrected chi connectivity index (χ4v) is 22.3. The SMILES string of the molecule is c1ccc(-c2ccc(-n3c4ccccc4c4cc(-c5ccc6c(c5)c5ccccc5n6-c5cc[n+](-c6ccccc6)cc5)ccc43)cc2)cc1.c1ccc(-c2cccc(-n3c4ccccc4c4cc(-c5ccc6c(c5)c5ccccc5n6-c5cccc(-c6ccccc6)c5)ccc43)c2)cc1.c1ccc(-c2cccc(-n3c4ccccc4c4cc(-c5ccc6c(c5)c5ccccc5n6-c5ccccc5)ccc43)c2)cc1. The molecule has 0 unspecified atom stereocenters. The minimum Gasteiger partial charge on any atom is -0.309 e. The van der Waals surface area contributed by atoms with Gasteiger partial charge in [-0.15, -0.1) is 0 Å². The van der Waals surface area contributed by atoms with E-state index < -0.39 is 0 Å². The first-order chi connectivity index (χ1) is 71.4. The lowest BCUT2D eigenvalue weighted by Crippen LogP contribution is -2.29. The fourth-order valence-electron chi connectivity index (χ4n) is 22.3. The summed E-state index contributed by atoms with van der Waals surface area (Å²) in [5, 5.41) is 15.1. The van der Waals surface area contributed by atoms with Gasteiger partial charge < -0.3 is 27.4 Å². The highest BCUT2D eigenvalue weighted by Gasteiger charge is 2.24. The smallest absolute Gasteiger partial charge is 0.210 e. The summed E-state index contributed by atoms with van der Waals surface area (Å²) in [5.41, 5.74) is 39.7. The molecule has 0 saturated heterocycles. The topological polar surface area (TPSA) is 33.5 Å². The molecule has 7 nitrogen and oxygen atoms in total. The van der Waals surface area contributed by atoms with Gasteiger partial charge in [0, 0.05) is 117 Å². The van der Waals surface area contributed by atoms with Crippen molar-refractivity contribution in [3.63, 3.8) is 0 Å². The number of nitrogens with zero attached hydrogens (tertiary/aromatic N) is 7. The van der Waals surface area contributed by atoms with Gasteiger partial charge in [-0.2, -0.15) is 4.57 Å². The second-order valence-corrected chi connectivity index (χ2v) is 37.3. The van der Waals surface area contributed by atoms with Gasteiger partial charge in [0.15, 0.2) is 12.4 Å². The average molecular weight is 1840 g/mol. The van der Waals surface area contributed by atoms with Crippen LogP contribution in [0.2, 0.25) is 0 Å². The van der Waals surface area contributed by atoms with E-state index in [0.29, 0.717) is 0 Å². The maximum Gasteiger partial charge on any atom is 0.210 e. The Morgan fingerprint density at radius 1 is 0.104 bits per heavy atom. The molecule has 0 bridgehead atoms. The van der Waals surface area contributed by atoms with Crippen LogP contribution in [-0.4, -0.2) is 27.4 Å². The molecule has 674 valence electrons. The van der Waals surface area contributed by atoms with Crippen LogP contribution in [0.1, 0.15) is 0 Å². The zero-order chi connectivity index (χ0) is 95.1. The highest BCUT2D eigenvalue weighted by molar-refractivity contribution is 6.17. The summed E-state index contributed by atoms with van der Waals surface area (Å²) >= 11 is 0. The highest BCUT2D eigenvalue weighted by Crippen LogP contribution is 2.46. The Kier molecular flexibility index (Phi) is 20.8. The van der Waals surface area contributed by atoms with Gasteiger partial charge in [-0.1, -0.05) is 352 Å². The molecule has 0 N–H and O–H groups in total. The number of hydrogen-bond donors (Lipinski definition) is 0. The highest BCUT2D eigenvalue weighted by atomic mass is 15.0. The van der Waals surface area contributed by atoms with Crippen molar-refractivity contribution >= 4 is 131 Å². The van der Waals surface area contributed by atoms with Crippen molar-refractivity contribution in [2.45, 2.75) is 0 Å². The summed E-state index contributed by atoms with van der Waals surface area (Å²) in [6, 6.07) is 197. The first-order valence-electron chi connectivity index (χ1n) is 49.4. The molecule has 144 heavy (non-hydrogen) atoms. The first-order valence-corrected chi connectivity index (χ1v) is 49.4. The van der Waals surface area contributed by atoms with Crippen molar-refractivity contribution in [2.75, 3.05) is 0 Å². The van der Waals surface area contributed by atoms with Crippen LogP contribution in [0.15, 0.2) is 558 Å². The van der Waals surface area contributed by atoms with Crippen molar-refractivity contribution in [3.8, 4) is 118 Å². The van der Waals surface area contributed by atoms with Gasteiger partial charge in [-0.05, 0) is 248 Å². The molecule has 0 amide bonds. The molecule has 29 aromatic rings. The summed E-state index contributed by atoms with van der Waals surface area (Å²) in [6.45, 7) is 0. The fraction of sp³-hybridized carbons (Fsp3) is 0. The largest absolute Gasteiger partial charge is 0.309 e. The summed E-state index contributed by atoms with van der Waals surface area (Å²) in [6.07, 6.45) is 4.28. The molecule has 0 aliphatic rings. The molecule has 7 heteroatoms. The molecule has 0 radical (unpaired) electrons. The monoisotopic (exact) mass is 1830 g/mol. The maximum absolute atomic E-state index is 2.40. The van der Waals surface area contributed by atoms with Crippen LogP contribution < -0.4 is 4.57 Å². The zero-order valence-electron chi connectivity index (χ0n) is 78.7. The number of benzene rings is 22. The molecule has 0 saturated carbocycles. The lowest BCUT2D eigenvalue weighted by Gasteiger charge is -2.11. The summed E-state index contributed by atoms with van der Waals surface area (Å²) in [5.74, 6) is 0. The lowest BCUT2D eigenvalue weighted by atomic mass is 10.0. The summed E-state index contributed by atoms with van der Waals surface area (Å²) in [4.78, 5) is 0. The van der Waals surface area contributed by atoms with Crippen LogP contribution in [0.25, 0.3) is 249 Å². The molecule has 0 aliphatic heterocycles. The Hall–Kier alpha value is -19.2. The van der Waals surface area contributed by atoms with Crippen LogP contribution in [0, 0.1) is 0 Å². The molecule has 0 atom stereocenters. The molecular weight excluding hydrogens is 1740 g/mol. The Morgan fingerprint density at radius 3 is 0.549 bits per heavy atom. The second kappa shape index (κ2) is 35.7. The average Bonchev–Trinajstić information content (AvgIpc) is 1.59. The van der Waals surface area contributed by atoms with Crippen molar-refractivity contribution in [1.29, 1.82) is 0 Å². The Morgan fingerprint density at radius 2 is 0.278 bits per heavy atom. The van der Waals surface area contributed by atoms with Gasteiger partial charge in [0.05, 0.1) is 71.9 Å². The van der Waals surface area contributed by atoms with Crippen LogP contribution in [-0.2, 0) is 0 Å². The van der Waals surface area contributed by atoms with Gasteiger partial charge in [-0.3, -0.25) is 0 Å². The van der Waals surface area contributed by atoms with E-state index in [1.54, 1.807) is 0 Å². The number of hydrogen-bond acceptors (Lipinski definition) is 0. The molecule has 7 aromatic heterocycles. The van der Waals surface area contributed by atoms with Crippen molar-refractivity contribution < 1.29 is 4.57 Å². The molecule has 22 aromatic carbocycles. The van der Waals surface area contributed by atoms with E-state index in [2.05, 4.69) is 584 Å². The standard InChI is InChI=1S/C48H32N2.C47H32N3.C42H28N2/c1-3-13-33(14-4-1)35-17-11-19-39(29-35)49-45-23-9-7-21-41(45)43-31-37(25-27-47(43)49)38-26-28-48-44(32-38)42-22-8-10-24-46(42)50(48)40-20-12-18-36(30-40)34-15-5-2-6-16-34;1-3-11-33(12-4-1)34-19-23-38(24-20-34)49-44-17-9-7-15-40(44)42-31-35(21-25-46(42)49)36-22-26-47-43(32-36)41-16-8-10-18-45(41)50(47)39-27-29-48(30-28-39)37-13-5-2-6-14-37;1-3-12-29(13-4-1)30-14-11-17-34(26-30)44-40-21-10-8-19-36(40)38-28-32(23-25-42(38)44)31-22-24-41-37(27-31)35-18-7-9-20-39(35)43(41)33-15-5-2-6-16-33/h2*1-32H;1-28H/q;+1;. The molecule has 0 spiro atoms. The van der Waals surface area contributed by atoms with Crippen LogP contribution >= 0.6 is 0 Å². The number of para-hydroxylation sites is 8. The lowest BCUT2D eigenvalue weighted by molar-refractivity contribution is -0.595. The predicted molar refractivity (Wildman–Crippen MR) is 605 cm³/mol. The Balaban J connectivity index is 0.000000108. The maximum atomic E-state index is 2.40. The Bertz CT molecular complexity index is 9580. The van der Waals surface area contributed by atoms with Gasteiger partial charge in [0.1, 0.15) is 0 Å². The van der Waals surface area contributed by atoms with E-state index in [1.165, 1.54) is 220 Å². The van der Waals surface area contributed by atoms with E-state index in [0.717, 1.165) is 28.4 Å². The normalized spacial score (nSPS) is 11.6. The van der Waals surface area contributed by atoms with Gasteiger partial charge in [-0.25, -0.2) is 0 Å². The van der Waals surface area contributed by atoms with Crippen molar-refractivity contribution in [2.24, 2.45) is 0 Å². The molecule has 0 aliphatic carbocycles. The van der Waals surface area contributed by atoms with Gasteiger partial charge in [0.25, 0.3) is 0 Å². The van der Waals surface area contributed by atoms with E-state index in [-0.39, 0.29) is 0 Å². The van der Waals surface area contributed by atoms with Crippen molar-refractivity contribution in [1.82, 2.24) is 27.4 Å². The number of rotatable bonds is 14. The van der Waals surface area contributed by atoms with E-state index >= 15 is 0 Å². The van der Waals surface area contributed by atoms with Gasteiger partial charge >= 0.3 is 0 Å². The minimum atomic E-state index is 1.14. The third-order valence-electron chi connectivity index (χ3n) is 29.0. The van der Waals surface area contributed by atoms with E-state index in [1.807, 2.05) is 6.07 Å². The Labute approximate surface area is 832 Å². The third-order valence-corrected chi connectivity index (χ3v) is 29.0. The molecular formula is C137H92N7+. The van der Waals surface area contributed by atoms with Crippen LogP contribution in [0.3, 0.4) is 0 Å². The summed E-state index contributed by atoms with van der Waals surface area (Å²) in [7, 11) is 0.